The number of carboxylic acids is 1. The summed E-state index contributed by atoms with van der Waals surface area (Å²) in [6.45, 7) is 1.93. The fourth-order valence-electron chi connectivity index (χ4n) is 2.37. The van der Waals surface area contributed by atoms with Crippen LogP contribution in [-0.4, -0.2) is 22.0 Å². The number of hydrogen-bond acceptors (Lipinski definition) is 4. The smallest absolute Gasteiger partial charge is 0.308 e. The van der Waals surface area contributed by atoms with Crippen LogP contribution in [0.15, 0.2) is 48.5 Å². The molecular formula is C19H15FN2O3S. The highest BCUT2D eigenvalue weighted by Gasteiger charge is 2.17. The molecule has 26 heavy (non-hydrogen) atoms. The van der Waals surface area contributed by atoms with Crippen molar-refractivity contribution >= 4 is 28.3 Å². The SMILES string of the molecule is Cc1ccc(C(=O)Nc2nc(-c3ccc(F)cc3)c(CC(=O)O)s2)cc1. The molecule has 2 aromatic carbocycles. The molecule has 7 heteroatoms. The summed E-state index contributed by atoms with van der Waals surface area (Å²) in [5.41, 5.74) is 2.54. The maximum atomic E-state index is 13.1. The molecule has 0 aliphatic rings. The molecule has 0 aliphatic carbocycles. The number of thiazole rings is 1. The fraction of sp³-hybridized carbons (Fsp3) is 0.105. The summed E-state index contributed by atoms with van der Waals surface area (Å²) in [5, 5.41) is 12.1. The van der Waals surface area contributed by atoms with Crippen LogP contribution in [0.2, 0.25) is 0 Å². The van der Waals surface area contributed by atoms with E-state index >= 15 is 0 Å². The van der Waals surface area contributed by atoms with Crippen LogP contribution in [-0.2, 0) is 11.2 Å². The van der Waals surface area contributed by atoms with E-state index in [4.69, 9.17) is 5.11 Å². The Morgan fingerprint density at radius 1 is 1.12 bits per heavy atom. The van der Waals surface area contributed by atoms with Gasteiger partial charge in [0.15, 0.2) is 5.13 Å². The van der Waals surface area contributed by atoms with Crippen molar-refractivity contribution in [2.24, 2.45) is 0 Å². The number of hydrogen-bond donors (Lipinski definition) is 2. The Hall–Kier alpha value is -3.06. The highest BCUT2D eigenvalue weighted by molar-refractivity contribution is 7.16. The topological polar surface area (TPSA) is 79.3 Å². The lowest BCUT2D eigenvalue weighted by molar-refractivity contribution is -0.136. The van der Waals surface area contributed by atoms with E-state index in [1.54, 1.807) is 12.1 Å². The molecule has 0 aliphatic heterocycles. The molecular weight excluding hydrogens is 355 g/mol. The molecule has 0 spiro atoms. The second-order valence-corrected chi connectivity index (χ2v) is 6.77. The van der Waals surface area contributed by atoms with E-state index in [9.17, 15) is 14.0 Å². The first-order valence-corrected chi connectivity index (χ1v) is 8.59. The van der Waals surface area contributed by atoms with E-state index in [0.717, 1.165) is 16.9 Å². The van der Waals surface area contributed by atoms with Crippen LogP contribution in [0, 0.1) is 12.7 Å². The molecule has 3 rings (SSSR count). The highest BCUT2D eigenvalue weighted by atomic mass is 32.1. The monoisotopic (exact) mass is 370 g/mol. The van der Waals surface area contributed by atoms with Gasteiger partial charge in [0.05, 0.1) is 12.1 Å². The number of carbonyl (C=O) groups is 2. The molecule has 1 heterocycles. The second kappa shape index (κ2) is 7.45. The maximum absolute atomic E-state index is 13.1. The van der Waals surface area contributed by atoms with Crippen LogP contribution >= 0.6 is 11.3 Å². The number of rotatable bonds is 5. The van der Waals surface area contributed by atoms with Crippen LogP contribution in [0.4, 0.5) is 9.52 Å². The molecule has 0 unspecified atom stereocenters. The third-order valence-electron chi connectivity index (χ3n) is 3.66. The summed E-state index contributed by atoms with van der Waals surface area (Å²) >= 11 is 1.10. The molecule has 3 aromatic rings. The van der Waals surface area contributed by atoms with Gasteiger partial charge in [-0.1, -0.05) is 17.7 Å². The van der Waals surface area contributed by atoms with Crippen molar-refractivity contribution in [1.29, 1.82) is 0 Å². The number of halogens is 1. The standard InChI is InChI=1S/C19H15FN2O3S/c1-11-2-4-13(5-3-11)18(25)22-19-21-17(15(26-19)10-16(23)24)12-6-8-14(20)9-7-12/h2-9H,10H2,1H3,(H,23,24)(H,21,22,25). The Bertz CT molecular complexity index is 950. The van der Waals surface area contributed by atoms with Crippen LogP contribution < -0.4 is 5.32 Å². The molecule has 5 nitrogen and oxygen atoms in total. The van der Waals surface area contributed by atoms with Crippen LogP contribution in [0.1, 0.15) is 20.8 Å². The van der Waals surface area contributed by atoms with Crippen molar-refractivity contribution in [3.63, 3.8) is 0 Å². The number of carbonyl (C=O) groups excluding carboxylic acids is 1. The lowest BCUT2D eigenvalue weighted by Crippen LogP contribution is -2.11. The third-order valence-corrected chi connectivity index (χ3v) is 4.63. The van der Waals surface area contributed by atoms with Crippen LogP contribution in [0.3, 0.4) is 0 Å². The number of carboxylic acid groups (broad SMARTS) is 1. The van der Waals surface area contributed by atoms with Crippen molar-refractivity contribution in [1.82, 2.24) is 4.98 Å². The number of benzene rings is 2. The quantitative estimate of drug-likeness (QED) is 0.707. The first-order valence-electron chi connectivity index (χ1n) is 7.78. The first-order chi connectivity index (χ1) is 12.4. The van der Waals surface area contributed by atoms with E-state index in [0.29, 0.717) is 26.8 Å². The minimum atomic E-state index is -1.01. The van der Waals surface area contributed by atoms with Gasteiger partial charge in [-0.05, 0) is 43.3 Å². The maximum Gasteiger partial charge on any atom is 0.308 e. The predicted octanol–water partition coefficient (Wildman–Crippen LogP) is 4.14. The Morgan fingerprint density at radius 3 is 2.38 bits per heavy atom. The number of anilines is 1. The van der Waals surface area contributed by atoms with E-state index in [2.05, 4.69) is 10.3 Å². The fourth-order valence-corrected chi connectivity index (χ4v) is 3.34. The third kappa shape index (κ3) is 4.12. The molecule has 1 amide bonds. The van der Waals surface area contributed by atoms with Gasteiger partial charge in [-0.25, -0.2) is 9.37 Å². The average molecular weight is 370 g/mol. The van der Waals surface area contributed by atoms with E-state index in [1.165, 1.54) is 24.3 Å². The van der Waals surface area contributed by atoms with Gasteiger partial charge in [-0.15, -0.1) is 11.3 Å². The van der Waals surface area contributed by atoms with Crippen LogP contribution in [0.5, 0.6) is 0 Å². The molecule has 0 bridgehead atoms. The molecule has 0 radical (unpaired) electrons. The number of aromatic nitrogens is 1. The summed E-state index contributed by atoms with van der Waals surface area (Å²) < 4.78 is 13.1. The molecule has 2 N–H and O–H groups in total. The largest absolute Gasteiger partial charge is 0.481 e. The van der Waals surface area contributed by atoms with Gasteiger partial charge in [0, 0.05) is 16.0 Å². The van der Waals surface area contributed by atoms with Gasteiger partial charge in [-0.3, -0.25) is 14.9 Å². The molecule has 0 saturated heterocycles. The van der Waals surface area contributed by atoms with Crippen LogP contribution in [0.25, 0.3) is 11.3 Å². The summed E-state index contributed by atoms with van der Waals surface area (Å²) in [6.07, 6.45) is -0.231. The summed E-state index contributed by atoms with van der Waals surface area (Å²) in [6, 6.07) is 12.7. The Kier molecular flexibility index (Phi) is 5.09. The minimum absolute atomic E-state index is 0.231. The average Bonchev–Trinajstić information content (AvgIpc) is 2.97. The zero-order valence-corrected chi connectivity index (χ0v) is 14.6. The second-order valence-electron chi connectivity index (χ2n) is 5.69. The Balaban J connectivity index is 1.90. The normalized spacial score (nSPS) is 10.5. The van der Waals surface area contributed by atoms with E-state index in [1.807, 2.05) is 19.1 Å². The lowest BCUT2D eigenvalue weighted by atomic mass is 10.1. The number of nitrogens with zero attached hydrogens (tertiary/aromatic N) is 1. The number of amides is 1. The van der Waals surface area contributed by atoms with Gasteiger partial charge >= 0.3 is 5.97 Å². The van der Waals surface area contributed by atoms with Gasteiger partial charge < -0.3 is 5.11 Å². The van der Waals surface area contributed by atoms with Gasteiger partial charge in [-0.2, -0.15) is 0 Å². The highest BCUT2D eigenvalue weighted by Crippen LogP contribution is 2.32. The lowest BCUT2D eigenvalue weighted by Gasteiger charge is -2.02. The van der Waals surface area contributed by atoms with Crippen molar-refractivity contribution in [2.75, 3.05) is 5.32 Å². The Morgan fingerprint density at radius 2 is 1.77 bits per heavy atom. The molecule has 132 valence electrons. The minimum Gasteiger partial charge on any atom is -0.481 e. The van der Waals surface area contributed by atoms with Gasteiger partial charge in [0.2, 0.25) is 0 Å². The van der Waals surface area contributed by atoms with E-state index in [-0.39, 0.29) is 12.3 Å². The van der Waals surface area contributed by atoms with Crippen molar-refractivity contribution in [2.45, 2.75) is 13.3 Å². The van der Waals surface area contributed by atoms with Gasteiger partial charge in [0.1, 0.15) is 5.82 Å². The molecule has 0 atom stereocenters. The zero-order valence-electron chi connectivity index (χ0n) is 13.8. The summed E-state index contributed by atoms with van der Waals surface area (Å²) in [7, 11) is 0. The summed E-state index contributed by atoms with van der Waals surface area (Å²) in [4.78, 5) is 28.3. The van der Waals surface area contributed by atoms with Gasteiger partial charge in [0.25, 0.3) is 5.91 Å². The molecule has 1 aromatic heterocycles. The number of aliphatic carboxylic acids is 1. The first kappa shape index (κ1) is 17.8. The number of aryl methyl sites for hydroxylation is 1. The summed E-state index contributed by atoms with van der Waals surface area (Å²) in [5.74, 6) is -1.73. The van der Waals surface area contributed by atoms with Crippen molar-refractivity contribution in [3.05, 3.63) is 70.4 Å². The molecule has 0 saturated carbocycles. The van der Waals surface area contributed by atoms with Crippen molar-refractivity contribution in [3.8, 4) is 11.3 Å². The molecule has 0 fully saturated rings. The number of nitrogens with one attached hydrogen (secondary N) is 1. The van der Waals surface area contributed by atoms with E-state index < -0.39 is 11.8 Å². The van der Waals surface area contributed by atoms with Crippen molar-refractivity contribution < 1.29 is 19.1 Å². The predicted molar refractivity (Wildman–Crippen MR) is 98.0 cm³/mol. The Labute approximate surface area is 153 Å². The zero-order chi connectivity index (χ0) is 18.7.